The molecule has 0 saturated carbocycles. The molecule has 8 nitrogen and oxygen atoms in total. The quantitative estimate of drug-likeness (QED) is 0.0272. The van der Waals surface area contributed by atoms with Crippen molar-refractivity contribution in [2.45, 2.75) is 366 Å². The molecule has 0 aliphatic carbocycles. The summed E-state index contributed by atoms with van der Waals surface area (Å²) in [6, 6.07) is -0.800. The maximum absolute atomic E-state index is 13.1. The van der Waals surface area contributed by atoms with E-state index in [1.165, 1.54) is 263 Å². The molecule has 1 amide bonds. The molecule has 0 aromatic heterocycles. The second kappa shape index (κ2) is 63.0. The number of phosphoric acid groups is 1. The van der Waals surface area contributed by atoms with Crippen LogP contribution in [0.3, 0.4) is 0 Å². The fourth-order valence-electron chi connectivity index (χ4n) is 10.9. The van der Waals surface area contributed by atoms with Gasteiger partial charge in [-0.25, -0.2) is 0 Å². The van der Waals surface area contributed by atoms with E-state index in [9.17, 15) is 19.4 Å². The van der Waals surface area contributed by atoms with Gasteiger partial charge < -0.3 is 28.8 Å². The van der Waals surface area contributed by atoms with Crippen molar-refractivity contribution >= 4 is 13.7 Å². The predicted octanol–water partition coefficient (Wildman–Crippen LogP) is 22.0. The van der Waals surface area contributed by atoms with E-state index in [-0.39, 0.29) is 19.1 Å². The third-order valence-corrected chi connectivity index (χ3v) is 17.3. The van der Waals surface area contributed by atoms with Gasteiger partial charge in [-0.1, -0.05) is 345 Å². The molecule has 0 bridgehead atoms. The van der Waals surface area contributed by atoms with E-state index < -0.39 is 20.0 Å². The highest BCUT2D eigenvalue weighted by Gasteiger charge is 2.24. The Kier molecular flexibility index (Phi) is 61.8. The van der Waals surface area contributed by atoms with Crippen LogP contribution >= 0.6 is 7.82 Å². The Morgan fingerprint density at radius 2 is 0.753 bits per heavy atom. The van der Waals surface area contributed by atoms with Gasteiger partial charge in [0.2, 0.25) is 5.91 Å². The number of carbonyl (C=O) groups is 1. The lowest BCUT2D eigenvalue weighted by Gasteiger charge is -2.30. The minimum Gasteiger partial charge on any atom is -0.756 e. The average molecular weight is 1160 g/mol. The number of amides is 1. The van der Waals surface area contributed by atoms with Crippen LogP contribution < -0.4 is 10.2 Å². The first-order chi connectivity index (χ1) is 39.5. The van der Waals surface area contributed by atoms with Crippen molar-refractivity contribution in [3.8, 4) is 0 Å². The number of aliphatic hydroxyl groups is 1. The average Bonchev–Trinajstić information content (AvgIpc) is 3.43. The number of nitrogens with zero attached hydrogens (tertiary/aromatic N) is 1. The number of unbranched alkanes of at least 4 members (excludes halogenated alkanes) is 45. The fourth-order valence-corrected chi connectivity index (χ4v) is 11.6. The van der Waals surface area contributed by atoms with Gasteiger partial charge in [-0.3, -0.25) is 9.36 Å². The second-order valence-corrected chi connectivity index (χ2v) is 27.0. The van der Waals surface area contributed by atoms with E-state index in [1.807, 2.05) is 21.1 Å². The molecule has 0 aromatic rings. The number of hydrogen-bond donors (Lipinski definition) is 2. The van der Waals surface area contributed by atoms with Gasteiger partial charge in [-0.05, 0) is 51.4 Å². The standard InChI is InChI=1S/C72H139N2O6P/c1-6-8-10-12-14-16-18-20-22-24-26-28-29-30-31-32-33-34-35-36-37-38-39-40-41-42-43-44-45-46-48-50-52-54-56-58-60-62-64-66-72(76)73-70(69-80-81(77,78)79-68-67-74(3,4)5)71(75)65-63-61-59-57-55-53-51-49-47-27-25-23-21-19-17-15-13-11-9-7-2/h8,10,14,16,20,22,26,28,70-71,75H,6-7,9,11-13,15,17-19,21,23-25,27,29-69H2,1-5H3,(H-,73,76,77,78)/b10-8-,16-14-,22-20-,28-26-. The minimum absolute atomic E-state index is 0.0146. The molecular formula is C72H139N2O6P. The zero-order chi connectivity index (χ0) is 59.1. The number of phosphoric ester groups is 1. The Morgan fingerprint density at radius 3 is 1.10 bits per heavy atom. The molecule has 478 valence electrons. The maximum atomic E-state index is 13.1. The first-order valence-electron chi connectivity index (χ1n) is 35.5. The third-order valence-electron chi connectivity index (χ3n) is 16.3. The van der Waals surface area contributed by atoms with Crippen LogP contribution in [0.25, 0.3) is 0 Å². The number of quaternary nitrogens is 1. The molecule has 0 heterocycles. The lowest BCUT2D eigenvalue weighted by atomic mass is 10.0. The third kappa shape index (κ3) is 65.9. The molecule has 0 spiro atoms. The first kappa shape index (κ1) is 79.5. The summed E-state index contributed by atoms with van der Waals surface area (Å²) >= 11 is 0. The van der Waals surface area contributed by atoms with Gasteiger partial charge in [0.25, 0.3) is 7.82 Å². The van der Waals surface area contributed by atoms with E-state index in [4.69, 9.17) is 9.05 Å². The number of allylic oxidation sites excluding steroid dienone is 8. The van der Waals surface area contributed by atoms with Crippen molar-refractivity contribution in [2.24, 2.45) is 0 Å². The zero-order valence-electron chi connectivity index (χ0n) is 54.8. The summed E-state index contributed by atoms with van der Waals surface area (Å²) in [7, 11) is 1.32. The first-order valence-corrected chi connectivity index (χ1v) is 36.9. The molecule has 81 heavy (non-hydrogen) atoms. The van der Waals surface area contributed by atoms with E-state index in [0.29, 0.717) is 23.9 Å². The maximum Gasteiger partial charge on any atom is 0.268 e. The van der Waals surface area contributed by atoms with Crippen molar-refractivity contribution in [1.29, 1.82) is 0 Å². The normalized spacial score (nSPS) is 13.9. The Morgan fingerprint density at radius 1 is 0.444 bits per heavy atom. The van der Waals surface area contributed by atoms with Crippen LogP contribution in [0.1, 0.15) is 354 Å². The van der Waals surface area contributed by atoms with Crippen LogP contribution in [0, 0.1) is 0 Å². The van der Waals surface area contributed by atoms with Gasteiger partial charge in [-0.2, -0.15) is 0 Å². The predicted molar refractivity (Wildman–Crippen MR) is 353 cm³/mol. The summed E-state index contributed by atoms with van der Waals surface area (Å²) in [5.74, 6) is -0.157. The lowest BCUT2D eigenvalue weighted by Crippen LogP contribution is -2.46. The second-order valence-electron chi connectivity index (χ2n) is 25.6. The van der Waals surface area contributed by atoms with Gasteiger partial charge in [-0.15, -0.1) is 0 Å². The van der Waals surface area contributed by atoms with Gasteiger partial charge >= 0.3 is 0 Å². The van der Waals surface area contributed by atoms with Crippen LogP contribution in [-0.2, 0) is 18.4 Å². The lowest BCUT2D eigenvalue weighted by molar-refractivity contribution is -0.870. The van der Waals surface area contributed by atoms with E-state index in [1.54, 1.807) is 0 Å². The minimum atomic E-state index is -4.58. The summed E-state index contributed by atoms with van der Waals surface area (Å²) < 4.78 is 23.5. The summed E-state index contributed by atoms with van der Waals surface area (Å²) in [6.45, 7) is 4.66. The largest absolute Gasteiger partial charge is 0.756 e. The molecule has 0 aromatic carbocycles. The zero-order valence-corrected chi connectivity index (χ0v) is 55.6. The smallest absolute Gasteiger partial charge is 0.268 e. The van der Waals surface area contributed by atoms with Crippen LogP contribution in [0.5, 0.6) is 0 Å². The monoisotopic (exact) mass is 1160 g/mol. The van der Waals surface area contributed by atoms with Crippen LogP contribution in [0.2, 0.25) is 0 Å². The number of aliphatic hydroxyl groups excluding tert-OH is 1. The summed E-state index contributed by atoms with van der Waals surface area (Å²) in [4.78, 5) is 25.6. The highest BCUT2D eigenvalue weighted by Crippen LogP contribution is 2.38. The number of likely N-dealkylation sites (N-methyl/N-ethyl adjacent to an activating group) is 1. The Balaban J connectivity index is 3.90. The van der Waals surface area contributed by atoms with Crippen molar-refractivity contribution < 1.29 is 32.9 Å². The highest BCUT2D eigenvalue weighted by atomic mass is 31.2. The molecule has 2 N–H and O–H groups in total. The van der Waals surface area contributed by atoms with Gasteiger partial charge in [0, 0.05) is 6.42 Å². The van der Waals surface area contributed by atoms with Crippen LogP contribution in [0.15, 0.2) is 48.6 Å². The van der Waals surface area contributed by atoms with Crippen LogP contribution in [-0.4, -0.2) is 68.5 Å². The van der Waals surface area contributed by atoms with Crippen molar-refractivity contribution in [3.63, 3.8) is 0 Å². The summed E-state index contributed by atoms with van der Waals surface area (Å²) in [5, 5.41) is 14.1. The number of rotatable bonds is 66. The summed E-state index contributed by atoms with van der Waals surface area (Å²) in [5.41, 5.74) is 0. The van der Waals surface area contributed by atoms with Crippen molar-refractivity contribution in [2.75, 3.05) is 40.9 Å². The van der Waals surface area contributed by atoms with E-state index in [0.717, 1.165) is 64.2 Å². The molecule has 9 heteroatoms. The van der Waals surface area contributed by atoms with Gasteiger partial charge in [0.15, 0.2) is 0 Å². The molecule has 0 rings (SSSR count). The van der Waals surface area contributed by atoms with Crippen LogP contribution in [0.4, 0.5) is 0 Å². The molecule has 0 fully saturated rings. The Labute approximate surface area is 505 Å². The van der Waals surface area contributed by atoms with Gasteiger partial charge in [0.1, 0.15) is 13.2 Å². The molecule has 3 unspecified atom stereocenters. The van der Waals surface area contributed by atoms with E-state index in [2.05, 4.69) is 67.8 Å². The molecule has 3 atom stereocenters. The van der Waals surface area contributed by atoms with E-state index >= 15 is 0 Å². The number of hydrogen-bond acceptors (Lipinski definition) is 6. The molecule has 0 radical (unpaired) electrons. The Bertz CT molecular complexity index is 1460. The molecule has 0 aliphatic rings. The molecule has 0 saturated heterocycles. The van der Waals surface area contributed by atoms with Crippen molar-refractivity contribution in [3.05, 3.63) is 48.6 Å². The fraction of sp³-hybridized carbons (Fsp3) is 0.875. The molecular weight excluding hydrogens is 1020 g/mol. The number of nitrogens with one attached hydrogen (secondary N) is 1. The topological polar surface area (TPSA) is 108 Å². The Hall–Kier alpha value is -1.54. The SMILES string of the molecule is CC/C=C\C/C=C\C/C=C\C/C=C\CCCCCCCCCCCCCCCCCCCCCCCCCCCCC(=O)NC(COP(=O)([O-])OCC[N+](C)(C)C)C(O)CCCCCCCCCCCCCCCCCCCCCC. The number of carbonyl (C=O) groups excluding carboxylic acids is 1. The summed E-state index contributed by atoms with van der Waals surface area (Å²) in [6.07, 6.45) is 84.8. The van der Waals surface area contributed by atoms with Gasteiger partial charge in [0.05, 0.1) is 39.9 Å². The molecule has 0 aliphatic heterocycles. The van der Waals surface area contributed by atoms with Crippen molar-refractivity contribution in [1.82, 2.24) is 5.32 Å². The highest BCUT2D eigenvalue weighted by molar-refractivity contribution is 7.45.